The normalized spacial score (nSPS) is 14.7. The maximum absolute atomic E-state index is 13.6. The Hall–Kier alpha value is -2.21. The van der Waals surface area contributed by atoms with Crippen molar-refractivity contribution in [3.63, 3.8) is 0 Å². The predicted octanol–water partition coefficient (Wildman–Crippen LogP) is 3.10. The second kappa shape index (κ2) is 5.42. The van der Waals surface area contributed by atoms with Crippen molar-refractivity contribution < 1.29 is 9.13 Å². The first-order valence-corrected chi connectivity index (χ1v) is 6.34. The van der Waals surface area contributed by atoms with Crippen molar-refractivity contribution in [1.82, 2.24) is 15.2 Å². The van der Waals surface area contributed by atoms with Crippen LogP contribution in [-0.4, -0.2) is 20.9 Å². The molecule has 0 amide bonds. The van der Waals surface area contributed by atoms with Crippen LogP contribution in [0.5, 0.6) is 5.88 Å². The fourth-order valence-electron chi connectivity index (χ4n) is 1.82. The number of H-pyrrole nitrogens is 1. The van der Waals surface area contributed by atoms with Crippen LogP contribution >= 0.6 is 11.6 Å². The van der Waals surface area contributed by atoms with E-state index >= 15 is 0 Å². The van der Waals surface area contributed by atoms with Crippen LogP contribution in [-0.2, 0) is 0 Å². The van der Waals surface area contributed by atoms with E-state index in [1.807, 2.05) is 6.07 Å². The van der Waals surface area contributed by atoms with E-state index in [1.54, 1.807) is 12.4 Å². The Morgan fingerprint density at radius 3 is 2.90 bits per heavy atom. The molecule has 0 unspecified atom stereocenters. The van der Waals surface area contributed by atoms with Crippen LogP contribution in [0.1, 0.15) is 18.5 Å². The smallest absolute Gasteiger partial charge is 0.255 e. The number of halogens is 2. The number of hydrogen-bond donors (Lipinski definition) is 1. The molecule has 0 bridgehead atoms. The van der Waals surface area contributed by atoms with Crippen molar-refractivity contribution in [3.05, 3.63) is 53.0 Å². The zero-order valence-corrected chi connectivity index (χ0v) is 11.1. The number of pyridine rings is 1. The maximum Gasteiger partial charge on any atom is 0.255 e. The lowest BCUT2D eigenvalue weighted by Gasteiger charge is -2.13. The molecule has 3 rings (SSSR count). The van der Waals surface area contributed by atoms with Gasteiger partial charge < -0.3 is 4.74 Å². The van der Waals surface area contributed by atoms with Crippen LogP contribution < -0.4 is 4.74 Å². The number of rotatable bonds is 3. The topological polar surface area (TPSA) is 63.2 Å². The van der Waals surface area contributed by atoms with Crippen molar-refractivity contribution in [3.8, 4) is 5.88 Å². The van der Waals surface area contributed by atoms with Crippen molar-refractivity contribution in [2.75, 3.05) is 0 Å². The standard InChI is InChI=1S/C13H10ClFN4O/c14-8-5-10(15)13(17-6-8)20-9-1-2-11(16-7-9)12-3-4-18-19-12/h3-7H,1-2H2,(H,18,19). The second-order valence-electron chi connectivity index (χ2n) is 4.18. The highest BCUT2D eigenvalue weighted by atomic mass is 35.5. The van der Waals surface area contributed by atoms with E-state index in [0.29, 0.717) is 18.6 Å². The largest absolute Gasteiger partial charge is 0.439 e. The van der Waals surface area contributed by atoms with Gasteiger partial charge in [-0.1, -0.05) is 11.6 Å². The van der Waals surface area contributed by atoms with Gasteiger partial charge in [0.25, 0.3) is 5.88 Å². The molecule has 0 fully saturated rings. The minimum absolute atomic E-state index is 0.0964. The molecule has 5 nitrogen and oxygen atoms in total. The Kier molecular flexibility index (Phi) is 3.47. The third-order valence-corrected chi connectivity index (χ3v) is 2.99. The Morgan fingerprint density at radius 1 is 1.35 bits per heavy atom. The molecule has 0 aliphatic carbocycles. The lowest BCUT2D eigenvalue weighted by atomic mass is 10.1. The lowest BCUT2D eigenvalue weighted by molar-refractivity contribution is 0.362. The molecule has 0 saturated heterocycles. The van der Waals surface area contributed by atoms with Gasteiger partial charge >= 0.3 is 0 Å². The molecule has 1 N–H and O–H groups in total. The van der Waals surface area contributed by atoms with Crippen molar-refractivity contribution >= 4 is 17.3 Å². The summed E-state index contributed by atoms with van der Waals surface area (Å²) in [7, 11) is 0. The fraction of sp³-hybridized carbons (Fsp3) is 0.154. The number of nitrogens with one attached hydrogen (secondary N) is 1. The summed E-state index contributed by atoms with van der Waals surface area (Å²) in [6.07, 6.45) is 5.86. The van der Waals surface area contributed by atoms with Gasteiger partial charge in [0.15, 0.2) is 5.82 Å². The van der Waals surface area contributed by atoms with E-state index in [9.17, 15) is 4.39 Å². The summed E-state index contributed by atoms with van der Waals surface area (Å²) in [6, 6.07) is 3.01. The molecule has 1 aliphatic rings. The average Bonchev–Trinajstić information content (AvgIpc) is 2.97. The van der Waals surface area contributed by atoms with Crippen LogP contribution in [0.3, 0.4) is 0 Å². The van der Waals surface area contributed by atoms with E-state index in [2.05, 4.69) is 20.2 Å². The summed E-state index contributed by atoms with van der Waals surface area (Å²) in [5.74, 6) is -0.135. The van der Waals surface area contributed by atoms with E-state index < -0.39 is 5.82 Å². The number of aromatic amines is 1. The summed E-state index contributed by atoms with van der Waals surface area (Å²) < 4.78 is 18.9. The third-order valence-electron chi connectivity index (χ3n) is 2.79. The number of allylic oxidation sites excluding steroid dienone is 1. The summed E-state index contributed by atoms with van der Waals surface area (Å²) >= 11 is 5.63. The fourth-order valence-corrected chi connectivity index (χ4v) is 1.96. The van der Waals surface area contributed by atoms with Gasteiger partial charge in [-0.25, -0.2) is 9.37 Å². The monoisotopic (exact) mass is 292 g/mol. The number of ether oxygens (including phenoxy) is 1. The van der Waals surface area contributed by atoms with E-state index in [-0.39, 0.29) is 10.9 Å². The Morgan fingerprint density at radius 2 is 2.25 bits per heavy atom. The summed E-state index contributed by atoms with van der Waals surface area (Å²) in [5, 5.41) is 6.95. The molecule has 20 heavy (non-hydrogen) atoms. The maximum atomic E-state index is 13.6. The molecule has 0 saturated carbocycles. The van der Waals surface area contributed by atoms with Gasteiger partial charge in [0.2, 0.25) is 0 Å². The molecule has 0 aromatic carbocycles. The lowest BCUT2D eigenvalue weighted by Crippen LogP contribution is -2.09. The first kappa shape index (κ1) is 12.8. The highest BCUT2D eigenvalue weighted by Gasteiger charge is 2.14. The molecule has 1 aliphatic heterocycles. The summed E-state index contributed by atoms with van der Waals surface area (Å²) in [5.41, 5.74) is 1.76. The van der Waals surface area contributed by atoms with Crippen LogP contribution in [0, 0.1) is 5.82 Å². The Bertz CT molecular complexity index is 682. The molecule has 2 aromatic rings. The Labute approximate surface area is 119 Å². The van der Waals surface area contributed by atoms with E-state index in [4.69, 9.17) is 16.3 Å². The highest BCUT2D eigenvalue weighted by molar-refractivity contribution is 6.30. The zero-order chi connectivity index (χ0) is 13.9. The van der Waals surface area contributed by atoms with Gasteiger partial charge in [-0.3, -0.25) is 10.1 Å². The summed E-state index contributed by atoms with van der Waals surface area (Å²) in [4.78, 5) is 8.09. The van der Waals surface area contributed by atoms with Gasteiger partial charge in [0.05, 0.1) is 22.6 Å². The molecule has 0 spiro atoms. The highest BCUT2D eigenvalue weighted by Crippen LogP contribution is 2.23. The first-order valence-electron chi connectivity index (χ1n) is 5.97. The van der Waals surface area contributed by atoms with Crippen LogP contribution in [0.25, 0.3) is 0 Å². The first-order chi connectivity index (χ1) is 9.72. The minimum Gasteiger partial charge on any atom is -0.439 e. The molecule has 2 aromatic heterocycles. The van der Waals surface area contributed by atoms with Gasteiger partial charge in [0, 0.05) is 18.8 Å². The van der Waals surface area contributed by atoms with Crippen molar-refractivity contribution in [1.29, 1.82) is 0 Å². The number of aromatic nitrogens is 3. The molecule has 102 valence electrons. The molecule has 7 heteroatoms. The van der Waals surface area contributed by atoms with Crippen LogP contribution in [0.2, 0.25) is 5.02 Å². The third kappa shape index (κ3) is 2.70. The van der Waals surface area contributed by atoms with Crippen molar-refractivity contribution in [2.24, 2.45) is 4.99 Å². The quantitative estimate of drug-likeness (QED) is 0.945. The minimum atomic E-state index is -0.596. The predicted molar refractivity (Wildman–Crippen MR) is 72.3 cm³/mol. The second-order valence-corrected chi connectivity index (χ2v) is 4.62. The molecule has 3 heterocycles. The van der Waals surface area contributed by atoms with Gasteiger partial charge in [-0.2, -0.15) is 5.10 Å². The number of aliphatic imine (C=N–C) groups is 1. The van der Waals surface area contributed by atoms with E-state index in [1.165, 1.54) is 6.20 Å². The average molecular weight is 293 g/mol. The van der Waals surface area contributed by atoms with Crippen LogP contribution in [0.4, 0.5) is 4.39 Å². The number of nitrogens with zero attached hydrogens (tertiary/aromatic N) is 3. The van der Waals surface area contributed by atoms with Gasteiger partial charge in [0.1, 0.15) is 5.76 Å². The molecular weight excluding hydrogens is 283 g/mol. The van der Waals surface area contributed by atoms with E-state index in [0.717, 1.165) is 17.5 Å². The van der Waals surface area contributed by atoms with Gasteiger partial charge in [-0.05, 0) is 18.6 Å². The molecular formula is C13H10ClFN4O. The SMILES string of the molecule is Fc1cc(Cl)cnc1OC1=CN=C(c2ccn[nH]2)CC1. The molecule has 0 atom stereocenters. The van der Waals surface area contributed by atoms with Crippen LogP contribution in [0.15, 0.2) is 41.5 Å². The number of hydrogen-bond acceptors (Lipinski definition) is 4. The Balaban J connectivity index is 1.76. The van der Waals surface area contributed by atoms with Gasteiger partial charge in [-0.15, -0.1) is 0 Å². The molecule has 0 radical (unpaired) electrons. The van der Waals surface area contributed by atoms with Crippen molar-refractivity contribution in [2.45, 2.75) is 12.8 Å². The summed E-state index contributed by atoms with van der Waals surface area (Å²) in [6.45, 7) is 0. The zero-order valence-electron chi connectivity index (χ0n) is 10.3.